The van der Waals surface area contributed by atoms with Crippen LogP contribution in [0.5, 0.6) is 17.2 Å². The van der Waals surface area contributed by atoms with E-state index in [9.17, 15) is 4.79 Å². The standard InChI is InChI=1S/C22H22N4O4/c1-28-17-11-9-14(20(29-2)21(17)30-3)12-23-26-22(27)19-16-10-8-13-6-4-5-7-15(13)18(16)24-25-19/h4-7,9,11-12H,8,10H2,1-3H3,(H,24,25)(H,26,27)/b23-12-. The molecule has 154 valence electrons. The minimum absolute atomic E-state index is 0.348. The monoisotopic (exact) mass is 406 g/mol. The van der Waals surface area contributed by atoms with Gasteiger partial charge < -0.3 is 14.2 Å². The summed E-state index contributed by atoms with van der Waals surface area (Å²) in [5.74, 6) is 1.11. The van der Waals surface area contributed by atoms with Crippen LogP contribution < -0.4 is 19.6 Å². The molecule has 2 aromatic carbocycles. The number of aromatic amines is 1. The zero-order valence-electron chi connectivity index (χ0n) is 17.0. The first kappa shape index (κ1) is 19.5. The number of methoxy groups -OCH3 is 3. The predicted molar refractivity (Wildman–Crippen MR) is 113 cm³/mol. The summed E-state index contributed by atoms with van der Waals surface area (Å²) in [7, 11) is 4.61. The minimum atomic E-state index is -0.348. The van der Waals surface area contributed by atoms with Gasteiger partial charge in [-0.2, -0.15) is 10.2 Å². The number of H-pyrrole nitrogens is 1. The molecular weight excluding hydrogens is 384 g/mol. The van der Waals surface area contributed by atoms with Gasteiger partial charge in [0.25, 0.3) is 5.91 Å². The van der Waals surface area contributed by atoms with Crippen LogP contribution >= 0.6 is 0 Å². The fraction of sp³-hybridized carbons (Fsp3) is 0.227. The van der Waals surface area contributed by atoms with Crippen molar-refractivity contribution in [3.05, 3.63) is 58.8 Å². The van der Waals surface area contributed by atoms with E-state index in [1.54, 1.807) is 19.2 Å². The van der Waals surface area contributed by atoms with Gasteiger partial charge in [0.2, 0.25) is 5.75 Å². The number of hydrogen-bond acceptors (Lipinski definition) is 6. The molecule has 8 nitrogen and oxygen atoms in total. The van der Waals surface area contributed by atoms with Gasteiger partial charge in [0.15, 0.2) is 11.5 Å². The number of rotatable bonds is 6. The molecule has 0 unspecified atom stereocenters. The largest absolute Gasteiger partial charge is 0.493 e. The summed E-state index contributed by atoms with van der Waals surface area (Å²) >= 11 is 0. The van der Waals surface area contributed by atoms with Crippen LogP contribution in [0.4, 0.5) is 0 Å². The number of hydrogen-bond donors (Lipinski definition) is 2. The lowest BCUT2D eigenvalue weighted by molar-refractivity contribution is 0.0949. The van der Waals surface area contributed by atoms with Gasteiger partial charge in [-0.25, -0.2) is 5.43 Å². The van der Waals surface area contributed by atoms with Crippen LogP contribution in [0.1, 0.15) is 27.2 Å². The van der Waals surface area contributed by atoms with Crippen LogP contribution in [-0.4, -0.2) is 43.6 Å². The van der Waals surface area contributed by atoms with E-state index in [1.807, 2.05) is 18.2 Å². The van der Waals surface area contributed by atoms with Gasteiger partial charge in [0.05, 0.1) is 33.2 Å². The molecule has 8 heteroatoms. The van der Waals surface area contributed by atoms with Crippen molar-refractivity contribution >= 4 is 12.1 Å². The predicted octanol–water partition coefficient (Wildman–Crippen LogP) is 2.97. The Balaban J connectivity index is 1.55. The lowest BCUT2D eigenvalue weighted by Gasteiger charge is -2.15. The molecule has 0 aliphatic heterocycles. The van der Waals surface area contributed by atoms with E-state index in [2.05, 4.69) is 26.8 Å². The molecule has 0 bridgehead atoms. The third-order valence-corrected chi connectivity index (χ3v) is 5.12. The molecule has 0 fully saturated rings. The number of hydrazone groups is 1. The SMILES string of the molecule is COc1ccc(/C=N\NC(=O)c2[nH]nc3c2CCc2ccccc2-3)c(OC)c1OC. The highest BCUT2D eigenvalue weighted by Crippen LogP contribution is 2.39. The number of aryl methyl sites for hydroxylation is 1. The van der Waals surface area contributed by atoms with Crippen molar-refractivity contribution in [2.24, 2.45) is 5.10 Å². The van der Waals surface area contributed by atoms with Gasteiger partial charge >= 0.3 is 0 Å². The molecule has 0 saturated carbocycles. The van der Waals surface area contributed by atoms with E-state index < -0.39 is 0 Å². The summed E-state index contributed by atoms with van der Waals surface area (Å²) in [5, 5.41) is 11.3. The van der Waals surface area contributed by atoms with Crippen LogP contribution in [0.2, 0.25) is 0 Å². The molecule has 3 aromatic rings. The normalized spacial score (nSPS) is 12.2. The van der Waals surface area contributed by atoms with Gasteiger partial charge in [0.1, 0.15) is 5.69 Å². The molecule has 4 rings (SSSR count). The Bertz CT molecular complexity index is 1120. The number of carbonyl (C=O) groups excluding carboxylic acids is 1. The second-order valence-electron chi connectivity index (χ2n) is 6.71. The summed E-state index contributed by atoms with van der Waals surface area (Å²) < 4.78 is 16.1. The van der Waals surface area contributed by atoms with Crippen LogP contribution in [-0.2, 0) is 12.8 Å². The van der Waals surface area contributed by atoms with Crippen molar-refractivity contribution in [1.29, 1.82) is 0 Å². The molecule has 1 amide bonds. The number of ether oxygens (including phenoxy) is 3. The van der Waals surface area contributed by atoms with E-state index in [0.717, 1.165) is 29.7 Å². The Morgan fingerprint density at radius 2 is 1.87 bits per heavy atom. The Labute approximate surface area is 173 Å². The molecule has 0 spiro atoms. The van der Waals surface area contributed by atoms with Crippen LogP contribution in [0.25, 0.3) is 11.3 Å². The summed E-state index contributed by atoms with van der Waals surface area (Å²) in [6.07, 6.45) is 3.12. The van der Waals surface area contributed by atoms with Crippen LogP contribution in [0.3, 0.4) is 0 Å². The molecule has 1 heterocycles. The molecule has 0 radical (unpaired) electrons. The van der Waals surface area contributed by atoms with Gasteiger partial charge in [0, 0.05) is 16.7 Å². The van der Waals surface area contributed by atoms with Crippen LogP contribution in [0, 0.1) is 0 Å². The highest BCUT2D eigenvalue weighted by atomic mass is 16.5. The molecule has 0 saturated heterocycles. The van der Waals surface area contributed by atoms with E-state index >= 15 is 0 Å². The Morgan fingerprint density at radius 1 is 1.07 bits per heavy atom. The molecule has 1 aliphatic rings. The van der Waals surface area contributed by atoms with Gasteiger partial charge in [-0.05, 0) is 30.5 Å². The van der Waals surface area contributed by atoms with Crippen molar-refractivity contribution < 1.29 is 19.0 Å². The third kappa shape index (κ3) is 3.36. The number of fused-ring (bicyclic) bond motifs is 3. The average Bonchev–Trinajstić information content (AvgIpc) is 3.23. The quantitative estimate of drug-likeness (QED) is 0.485. The number of carbonyl (C=O) groups is 1. The second kappa shape index (κ2) is 8.28. The number of nitrogens with zero attached hydrogens (tertiary/aromatic N) is 2. The summed E-state index contributed by atoms with van der Waals surface area (Å²) in [4.78, 5) is 12.7. The molecule has 1 aromatic heterocycles. The topological polar surface area (TPSA) is 97.8 Å². The first-order chi connectivity index (χ1) is 14.7. The highest BCUT2D eigenvalue weighted by Gasteiger charge is 2.24. The maximum Gasteiger partial charge on any atom is 0.289 e. The van der Waals surface area contributed by atoms with Crippen molar-refractivity contribution in [3.8, 4) is 28.5 Å². The zero-order chi connectivity index (χ0) is 21.1. The second-order valence-corrected chi connectivity index (χ2v) is 6.71. The van der Waals surface area contributed by atoms with Crippen molar-refractivity contribution in [2.75, 3.05) is 21.3 Å². The molecule has 1 aliphatic carbocycles. The summed E-state index contributed by atoms with van der Waals surface area (Å²) in [6.45, 7) is 0. The number of aromatic nitrogens is 2. The fourth-order valence-corrected chi connectivity index (χ4v) is 3.69. The first-order valence-electron chi connectivity index (χ1n) is 9.45. The van der Waals surface area contributed by atoms with Gasteiger partial charge in [-0.1, -0.05) is 24.3 Å². The van der Waals surface area contributed by atoms with E-state index in [4.69, 9.17) is 14.2 Å². The molecule has 0 atom stereocenters. The van der Waals surface area contributed by atoms with E-state index in [1.165, 1.54) is 26.0 Å². The molecule has 30 heavy (non-hydrogen) atoms. The fourth-order valence-electron chi connectivity index (χ4n) is 3.69. The number of benzene rings is 2. The van der Waals surface area contributed by atoms with Crippen LogP contribution in [0.15, 0.2) is 41.5 Å². The van der Waals surface area contributed by atoms with E-state index in [0.29, 0.717) is 28.5 Å². The Hall–Kier alpha value is -3.81. The number of amides is 1. The number of nitrogens with one attached hydrogen (secondary N) is 2. The minimum Gasteiger partial charge on any atom is -0.493 e. The Morgan fingerprint density at radius 3 is 2.63 bits per heavy atom. The average molecular weight is 406 g/mol. The smallest absolute Gasteiger partial charge is 0.289 e. The van der Waals surface area contributed by atoms with Crippen molar-refractivity contribution in [3.63, 3.8) is 0 Å². The summed E-state index contributed by atoms with van der Waals surface area (Å²) in [5.41, 5.74) is 7.65. The Kier molecular flexibility index (Phi) is 5.38. The van der Waals surface area contributed by atoms with Crippen molar-refractivity contribution in [2.45, 2.75) is 12.8 Å². The maximum absolute atomic E-state index is 12.7. The van der Waals surface area contributed by atoms with Gasteiger partial charge in [-0.3, -0.25) is 9.89 Å². The maximum atomic E-state index is 12.7. The lowest BCUT2D eigenvalue weighted by atomic mass is 9.89. The lowest BCUT2D eigenvalue weighted by Crippen LogP contribution is -2.20. The highest BCUT2D eigenvalue weighted by molar-refractivity contribution is 5.97. The third-order valence-electron chi connectivity index (χ3n) is 5.12. The molecule has 2 N–H and O–H groups in total. The first-order valence-corrected chi connectivity index (χ1v) is 9.45. The zero-order valence-corrected chi connectivity index (χ0v) is 17.0. The van der Waals surface area contributed by atoms with Crippen molar-refractivity contribution in [1.82, 2.24) is 15.6 Å². The van der Waals surface area contributed by atoms with Gasteiger partial charge in [-0.15, -0.1) is 0 Å². The van der Waals surface area contributed by atoms with E-state index in [-0.39, 0.29) is 5.91 Å². The summed E-state index contributed by atoms with van der Waals surface area (Å²) in [6, 6.07) is 11.6. The molecular formula is C22H22N4O4.